The number of nitrogens with one attached hydrogen (secondary N) is 1. The summed E-state index contributed by atoms with van der Waals surface area (Å²) in [6.07, 6.45) is 3.05. The van der Waals surface area contributed by atoms with Gasteiger partial charge in [0.2, 0.25) is 5.75 Å². The molecule has 0 spiro atoms. The molecule has 2 aromatic carbocycles. The number of carbonyl (C=O) groups is 2. The Morgan fingerprint density at radius 3 is 2.47 bits per heavy atom. The van der Waals surface area contributed by atoms with E-state index in [1.54, 1.807) is 0 Å². The molecule has 0 saturated heterocycles. The highest BCUT2D eigenvalue weighted by molar-refractivity contribution is 6.30. The second-order valence-electron chi connectivity index (χ2n) is 7.37. The topological polar surface area (TPSA) is 117 Å². The number of halogens is 1. The third-order valence-electron chi connectivity index (χ3n) is 5.09. The van der Waals surface area contributed by atoms with Gasteiger partial charge in [-0.3, -0.25) is 14.9 Å². The molecule has 10 heteroatoms. The van der Waals surface area contributed by atoms with Crippen LogP contribution in [0.2, 0.25) is 5.02 Å². The number of nitrogens with zero attached hydrogens (tertiary/aromatic N) is 1. The van der Waals surface area contributed by atoms with Gasteiger partial charge in [0.1, 0.15) is 0 Å². The van der Waals surface area contributed by atoms with Crippen LogP contribution in [0.1, 0.15) is 43.0 Å². The molecule has 1 unspecified atom stereocenters. The number of hydrogen-bond acceptors (Lipinski definition) is 7. The molecule has 1 N–H and O–H groups in total. The van der Waals surface area contributed by atoms with Gasteiger partial charge < -0.3 is 19.5 Å². The minimum atomic E-state index is -0.957. The van der Waals surface area contributed by atoms with Crippen LogP contribution in [-0.4, -0.2) is 36.1 Å². The summed E-state index contributed by atoms with van der Waals surface area (Å²) in [5, 5.41) is 14.4. The van der Waals surface area contributed by atoms with E-state index in [-0.39, 0.29) is 45.5 Å². The van der Waals surface area contributed by atoms with E-state index in [0.717, 1.165) is 25.7 Å². The highest BCUT2D eigenvalue weighted by atomic mass is 35.5. The minimum absolute atomic E-state index is 0.0368. The summed E-state index contributed by atoms with van der Waals surface area (Å²) in [6, 6.07) is 8.35. The lowest BCUT2D eigenvalue weighted by atomic mass is 10.2. The first-order valence-electron chi connectivity index (χ1n) is 10.1. The largest absolute Gasteiger partial charge is 0.493 e. The zero-order valence-electron chi connectivity index (χ0n) is 17.6. The van der Waals surface area contributed by atoms with Gasteiger partial charge in [-0.2, -0.15) is 0 Å². The zero-order chi connectivity index (χ0) is 23.3. The highest BCUT2D eigenvalue weighted by Crippen LogP contribution is 2.38. The molecule has 9 nitrogen and oxygen atoms in total. The predicted molar refractivity (Wildman–Crippen MR) is 116 cm³/mol. The van der Waals surface area contributed by atoms with E-state index < -0.39 is 17.0 Å². The van der Waals surface area contributed by atoms with Crippen LogP contribution in [0.5, 0.6) is 17.2 Å². The minimum Gasteiger partial charge on any atom is -0.493 e. The van der Waals surface area contributed by atoms with Gasteiger partial charge in [0, 0.05) is 17.1 Å². The van der Waals surface area contributed by atoms with Crippen molar-refractivity contribution in [1.29, 1.82) is 0 Å². The molecule has 1 fully saturated rings. The van der Waals surface area contributed by atoms with Crippen LogP contribution in [0.15, 0.2) is 36.4 Å². The summed E-state index contributed by atoms with van der Waals surface area (Å²) >= 11 is 5.82. The maximum absolute atomic E-state index is 12.5. The molecule has 1 saturated carbocycles. The fourth-order valence-electron chi connectivity index (χ4n) is 3.39. The number of carbonyl (C=O) groups excluding carboxylic acids is 2. The first kappa shape index (κ1) is 23.3. The summed E-state index contributed by atoms with van der Waals surface area (Å²) in [5.41, 5.74) is -0.175. The van der Waals surface area contributed by atoms with Crippen molar-refractivity contribution >= 4 is 29.2 Å². The molecule has 0 radical (unpaired) electrons. The Balaban J connectivity index is 1.71. The molecule has 0 aromatic heterocycles. The van der Waals surface area contributed by atoms with Crippen LogP contribution in [0, 0.1) is 10.1 Å². The Hall–Kier alpha value is -3.33. The van der Waals surface area contributed by atoms with Gasteiger partial charge >= 0.3 is 11.7 Å². The Bertz CT molecular complexity index is 1020. The molecule has 0 aliphatic heterocycles. The van der Waals surface area contributed by atoms with Crippen LogP contribution in [0.3, 0.4) is 0 Å². The van der Waals surface area contributed by atoms with E-state index in [0.29, 0.717) is 0 Å². The second-order valence-corrected chi connectivity index (χ2v) is 7.81. The Labute approximate surface area is 189 Å². The maximum Gasteiger partial charge on any atom is 0.339 e. The Morgan fingerprint density at radius 2 is 1.81 bits per heavy atom. The number of methoxy groups -OCH3 is 1. The van der Waals surface area contributed by atoms with Crippen molar-refractivity contribution in [2.24, 2.45) is 0 Å². The lowest BCUT2D eigenvalue weighted by Gasteiger charge is -2.17. The van der Waals surface area contributed by atoms with E-state index in [1.807, 2.05) is 0 Å². The summed E-state index contributed by atoms with van der Waals surface area (Å²) in [5.74, 6) is -0.771. The molecule has 1 amide bonds. The van der Waals surface area contributed by atoms with Crippen molar-refractivity contribution in [3.05, 3.63) is 57.1 Å². The first-order valence-corrected chi connectivity index (χ1v) is 10.5. The van der Waals surface area contributed by atoms with Crippen LogP contribution in [0.25, 0.3) is 0 Å². The van der Waals surface area contributed by atoms with Gasteiger partial charge in [-0.25, -0.2) is 4.79 Å². The predicted octanol–water partition coefficient (Wildman–Crippen LogP) is 4.65. The smallest absolute Gasteiger partial charge is 0.339 e. The van der Waals surface area contributed by atoms with Crippen molar-refractivity contribution in [3.63, 3.8) is 0 Å². The van der Waals surface area contributed by atoms with Crippen LogP contribution in [0.4, 0.5) is 5.69 Å². The standard InChI is InChI=1S/C22H23ClN2O7/c1-13(21(26)24-16-5-3-4-6-16)31-22(27)14-7-9-19(20(11-14)30-2)32-18-10-8-15(23)12-17(18)25(28)29/h7-13,16H,3-6H2,1-2H3,(H,24,26). The number of amides is 1. The van der Waals surface area contributed by atoms with E-state index in [9.17, 15) is 19.7 Å². The van der Waals surface area contributed by atoms with Crippen molar-refractivity contribution < 1.29 is 28.7 Å². The number of esters is 1. The lowest BCUT2D eigenvalue weighted by molar-refractivity contribution is -0.385. The molecule has 1 aliphatic rings. The third-order valence-corrected chi connectivity index (χ3v) is 5.33. The van der Waals surface area contributed by atoms with Gasteiger partial charge in [0.25, 0.3) is 5.91 Å². The number of hydrogen-bond donors (Lipinski definition) is 1. The summed E-state index contributed by atoms with van der Waals surface area (Å²) in [7, 11) is 1.37. The maximum atomic E-state index is 12.5. The average molecular weight is 463 g/mol. The molecule has 1 aliphatic carbocycles. The molecule has 1 atom stereocenters. The molecule has 170 valence electrons. The first-order chi connectivity index (χ1) is 15.3. The van der Waals surface area contributed by atoms with Crippen LogP contribution >= 0.6 is 11.6 Å². The molecule has 3 rings (SSSR count). The van der Waals surface area contributed by atoms with E-state index in [1.165, 1.54) is 50.4 Å². The van der Waals surface area contributed by atoms with E-state index in [4.69, 9.17) is 25.8 Å². The van der Waals surface area contributed by atoms with Gasteiger partial charge in [-0.15, -0.1) is 0 Å². The molecule has 0 heterocycles. The number of rotatable bonds is 8. The summed E-state index contributed by atoms with van der Waals surface area (Å²) < 4.78 is 16.2. The number of nitro benzene ring substituents is 1. The van der Waals surface area contributed by atoms with Gasteiger partial charge in [-0.05, 0) is 50.1 Å². The second kappa shape index (κ2) is 10.3. The van der Waals surface area contributed by atoms with Gasteiger partial charge in [-0.1, -0.05) is 24.4 Å². The quantitative estimate of drug-likeness (QED) is 0.344. The Kier molecular flexibility index (Phi) is 7.53. The molecular weight excluding hydrogens is 440 g/mol. The molecular formula is C22H23ClN2O7. The average Bonchev–Trinajstić information content (AvgIpc) is 3.27. The SMILES string of the molecule is COc1cc(C(=O)OC(C)C(=O)NC2CCCC2)ccc1Oc1ccc(Cl)cc1[N+](=O)[O-]. The third kappa shape index (κ3) is 5.67. The van der Waals surface area contributed by atoms with Crippen LogP contribution in [-0.2, 0) is 9.53 Å². The summed E-state index contributed by atoms with van der Waals surface area (Å²) in [6.45, 7) is 1.51. The van der Waals surface area contributed by atoms with Gasteiger partial charge in [0.05, 0.1) is 17.6 Å². The summed E-state index contributed by atoms with van der Waals surface area (Å²) in [4.78, 5) is 35.4. The molecule has 0 bridgehead atoms. The van der Waals surface area contributed by atoms with Crippen molar-refractivity contribution in [2.75, 3.05) is 7.11 Å². The van der Waals surface area contributed by atoms with E-state index in [2.05, 4.69) is 5.32 Å². The fraction of sp³-hybridized carbons (Fsp3) is 0.364. The highest BCUT2D eigenvalue weighted by Gasteiger charge is 2.24. The van der Waals surface area contributed by atoms with Crippen LogP contribution < -0.4 is 14.8 Å². The van der Waals surface area contributed by atoms with Crippen molar-refractivity contribution in [2.45, 2.75) is 44.8 Å². The zero-order valence-corrected chi connectivity index (χ0v) is 18.4. The Morgan fingerprint density at radius 1 is 1.12 bits per heavy atom. The number of nitro groups is 1. The van der Waals surface area contributed by atoms with Crippen molar-refractivity contribution in [1.82, 2.24) is 5.32 Å². The fourth-order valence-corrected chi connectivity index (χ4v) is 3.55. The number of benzene rings is 2. The van der Waals surface area contributed by atoms with E-state index >= 15 is 0 Å². The molecule has 32 heavy (non-hydrogen) atoms. The number of ether oxygens (including phenoxy) is 3. The normalized spacial score (nSPS) is 14.5. The lowest BCUT2D eigenvalue weighted by Crippen LogP contribution is -2.40. The monoisotopic (exact) mass is 462 g/mol. The van der Waals surface area contributed by atoms with Gasteiger partial charge in [0.15, 0.2) is 17.6 Å². The molecule has 2 aromatic rings. The van der Waals surface area contributed by atoms with Crippen molar-refractivity contribution in [3.8, 4) is 17.2 Å².